The van der Waals surface area contributed by atoms with Crippen molar-refractivity contribution < 1.29 is 18.0 Å². The molecule has 1 aromatic carbocycles. The van der Waals surface area contributed by atoms with E-state index in [-0.39, 0.29) is 10.4 Å². The lowest BCUT2D eigenvalue weighted by atomic mass is 10.1. The molecule has 8 heteroatoms. The topological polar surface area (TPSA) is 54.9 Å². The lowest BCUT2D eigenvalue weighted by Crippen LogP contribution is -2.07. The summed E-state index contributed by atoms with van der Waals surface area (Å²) in [6, 6.07) is 8.07. The zero-order valence-electron chi connectivity index (χ0n) is 12.7. The van der Waals surface area contributed by atoms with Crippen molar-refractivity contribution in [2.75, 3.05) is 5.32 Å². The van der Waals surface area contributed by atoms with Crippen LogP contribution in [0.1, 0.15) is 26.4 Å². The van der Waals surface area contributed by atoms with E-state index in [1.807, 2.05) is 12.1 Å². The fourth-order valence-electron chi connectivity index (χ4n) is 2.12. The van der Waals surface area contributed by atoms with Crippen molar-refractivity contribution in [1.82, 2.24) is 9.97 Å². The van der Waals surface area contributed by atoms with Gasteiger partial charge in [0.1, 0.15) is 0 Å². The molecule has 0 amide bonds. The summed E-state index contributed by atoms with van der Waals surface area (Å²) >= 11 is 1.09. The molecular weight excluding hydrogens is 351 g/mol. The lowest BCUT2D eigenvalue weighted by Gasteiger charge is -2.07. The first-order valence-electron chi connectivity index (χ1n) is 7.24. The molecule has 3 aromatic rings. The van der Waals surface area contributed by atoms with Crippen LogP contribution in [0.25, 0.3) is 0 Å². The van der Waals surface area contributed by atoms with Gasteiger partial charge in [-0.25, -0.2) is 4.98 Å². The number of anilines is 1. The van der Waals surface area contributed by atoms with Gasteiger partial charge in [0.25, 0.3) is 0 Å². The third-order valence-electron chi connectivity index (χ3n) is 3.35. The van der Waals surface area contributed by atoms with Gasteiger partial charge in [0, 0.05) is 24.5 Å². The van der Waals surface area contributed by atoms with Gasteiger partial charge in [-0.1, -0.05) is 29.5 Å². The first-order chi connectivity index (χ1) is 11.9. The maximum Gasteiger partial charge on any atom is 0.416 e. The van der Waals surface area contributed by atoms with Crippen LogP contribution < -0.4 is 5.32 Å². The normalized spacial score (nSPS) is 11.3. The number of halogens is 3. The zero-order valence-corrected chi connectivity index (χ0v) is 13.6. The highest BCUT2D eigenvalue weighted by Crippen LogP contribution is 2.30. The average Bonchev–Trinajstić information content (AvgIpc) is 3.08. The molecule has 0 saturated carbocycles. The van der Waals surface area contributed by atoms with E-state index >= 15 is 0 Å². The van der Waals surface area contributed by atoms with Crippen molar-refractivity contribution in [3.8, 4) is 0 Å². The van der Waals surface area contributed by atoms with Crippen molar-refractivity contribution in [1.29, 1.82) is 0 Å². The van der Waals surface area contributed by atoms with E-state index in [4.69, 9.17) is 0 Å². The number of nitrogens with one attached hydrogen (secondary N) is 1. The summed E-state index contributed by atoms with van der Waals surface area (Å²) in [6.45, 7) is 0.485. The van der Waals surface area contributed by atoms with Crippen molar-refractivity contribution in [2.45, 2.75) is 12.7 Å². The molecule has 4 nitrogen and oxygen atoms in total. The van der Waals surface area contributed by atoms with E-state index < -0.39 is 17.5 Å². The summed E-state index contributed by atoms with van der Waals surface area (Å²) < 4.78 is 38.3. The molecule has 0 unspecified atom stereocenters. The van der Waals surface area contributed by atoms with Crippen molar-refractivity contribution in [3.05, 3.63) is 76.6 Å². The monoisotopic (exact) mass is 363 g/mol. The summed E-state index contributed by atoms with van der Waals surface area (Å²) in [5.74, 6) is -0.488. The van der Waals surface area contributed by atoms with Crippen LogP contribution in [-0.4, -0.2) is 15.8 Å². The van der Waals surface area contributed by atoms with E-state index in [1.54, 1.807) is 12.4 Å². The van der Waals surface area contributed by atoms with Gasteiger partial charge in [-0.3, -0.25) is 9.78 Å². The fourth-order valence-corrected chi connectivity index (χ4v) is 2.89. The van der Waals surface area contributed by atoms with Crippen LogP contribution in [0.2, 0.25) is 0 Å². The SMILES string of the molecule is O=C(c1cccc(C(F)(F)F)c1)c1cnc(NCc2cccnc2)s1. The van der Waals surface area contributed by atoms with Crippen molar-refractivity contribution in [2.24, 2.45) is 0 Å². The molecule has 0 aliphatic carbocycles. The third kappa shape index (κ3) is 4.21. The molecule has 1 N–H and O–H groups in total. The molecule has 3 rings (SSSR count). The number of carbonyl (C=O) groups is 1. The molecular formula is C17H12F3N3OS. The molecule has 0 radical (unpaired) electrons. The molecule has 128 valence electrons. The molecule has 2 aromatic heterocycles. The Kier molecular flexibility index (Phi) is 4.80. The standard InChI is InChI=1S/C17H12F3N3OS/c18-17(19,20)13-5-1-4-12(7-13)15(24)14-10-23-16(25-14)22-9-11-3-2-6-21-8-11/h1-8,10H,9H2,(H,22,23). The number of pyridine rings is 1. The molecule has 0 saturated heterocycles. The molecule has 0 atom stereocenters. The molecule has 0 aliphatic heterocycles. The fraction of sp³-hybridized carbons (Fsp3) is 0.118. The number of rotatable bonds is 5. The van der Waals surface area contributed by atoms with Gasteiger partial charge in [-0.05, 0) is 23.8 Å². The van der Waals surface area contributed by atoms with Crippen LogP contribution >= 0.6 is 11.3 Å². The highest BCUT2D eigenvalue weighted by Gasteiger charge is 2.31. The minimum absolute atomic E-state index is 0.0164. The summed E-state index contributed by atoms with van der Waals surface area (Å²) in [5, 5.41) is 3.57. The predicted octanol–water partition coefficient (Wildman–Crippen LogP) is 4.40. The summed E-state index contributed by atoms with van der Waals surface area (Å²) in [6.07, 6.45) is 0.243. The Morgan fingerprint density at radius 3 is 2.72 bits per heavy atom. The van der Waals surface area contributed by atoms with E-state index in [0.717, 1.165) is 29.0 Å². The predicted molar refractivity (Wildman–Crippen MR) is 88.6 cm³/mol. The van der Waals surface area contributed by atoms with Crippen molar-refractivity contribution in [3.63, 3.8) is 0 Å². The maximum absolute atomic E-state index is 12.8. The molecule has 0 bridgehead atoms. The van der Waals surface area contributed by atoms with Crippen LogP contribution in [0.3, 0.4) is 0 Å². The van der Waals surface area contributed by atoms with Crippen LogP contribution in [0.4, 0.5) is 18.3 Å². The molecule has 25 heavy (non-hydrogen) atoms. The number of hydrogen-bond donors (Lipinski definition) is 1. The van der Waals surface area contributed by atoms with Gasteiger partial charge in [0.05, 0.1) is 16.6 Å². The first-order valence-corrected chi connectivity index (χ1v) is 8.06. The molecule has 2 heterocycles. The number of thiazole rings is 1. The number of alkyl halides is 3. The number of ketones is 1. The van der Waals surface area contributed by atoms with Gasteiger partial charge < -0.3 is 5.32 Å². The maximum atomic E-state index is 12.8. The number of benzene rings is 1. The molecule has 0 aliphatic rings. The number of aromatic nitrogens is 2. The Hall–Kier alpha value is -2.74. The number of nitrogens with zero attached hydrogens (tertiary/aromatic N) is 2. The van der Waals surface area contributed by atoms with Crippen LogP contribution in [-0.2, 0) is 12.7 Å². The minimum atomic E-state index is -4.49. The van der Waals surface area contributed by atoms with Crippen LogP contribution in [0, 0.1) is 0 Å². The zero-order chi connectivity index (χ0) is 17.9. The largest absolute Gasteiger partial charge is 0.416 e. The molecule has 0 fully saturated rings. The van der Waals surface area contributed by atoms with Gasteiger partial charge in [0.15, 0.2) is 5.13 Å². The Balaban J connectivity index is 1.72. The van der Waals surface area contributed by atoms with E-state index in [1.165, 1.54) is 18.3 Å². The van der Waals surface area contributed by atoms with Gasteiger partial charge in [0.2, 0.25) is 5.78 Å². The second-order valence-corrected chi connectivity index (χ2v) is 6.18. The highest BCUT2D eigenvalue weighted by molar-refractivity contribution is 7.17. The average molecular weight is 363 g/mol. The van der Waals surface area contributed by atoms with E-state index in [0.29, 0.717) is 11.7 Å². The van der Waals surface area contributed by atoms with Gasteiger partial charge in [-0.15, -0.1) is 0 Å². The Bertz CT molecular complexity index is 878. The minimum Gasteiger partial charge on any atom is -0.357 e. The second-order valence-electron chi connectivity index (χ2n) is 5.15. The highest BCUT2D eigenvalue weighted by atomic mass is 32.1. The summed E-state index contributed by atoms with van der Waals surface area (Å²) in [5.41, 5.74) is 0.0820. The number of carbonyl (C=O) groups excluding carboxylic acids is 1. The van der Waals surface area contributed by atoms with Gasteiger partial charge in [-0.2, -0.15) is 13.2 Å². The number of hydrogen-bond acceptors (Lipinski definition) is 5. The van der Waals surface area contributed by atoms with Gasteiger partial charge >= 0.3 is 6.18 Å². The third-order valence-corrected chi connectivity index (χ3v) is 4.30. The van der Waals surface area contributed by atoms with E-state index in [9.17, 15) is 18.0 Å². The second kappa shape index (κ2) is 7.02. The van der Waals surface area contributed by atoms with Crippen molar-refractivity contribution >= 4 is 22.3 Å². The molecule has 0 spiro atoms. The smallest absolute Gasteiger partial charge is 0.357 e. The van der Waals surface area contributed by atoms with Crippen LogP contribution in [0.5, 0.6) is 0 Å². The summed E-state index contributed by atoms with van der Waals surface area (Å²) in [7, 11) is 0. The van der Waals surface area contributed by atoms with E-state index in [2.05, 4.69) is 15.3 Å². The quantitative estimate of drug-likeness (QED) is 0.683. The Labute approximate surface area is 145 Å². The lowest BCUT2D eigenvalue weighted by molar-refractivity contribution is -0.137. The van der Waals surface area contributed by atoms with Crippen LogP contribution in [0.15, 0.2) is 55.0 Å². The Morgan fingerprint density at radius 2 is 2.00 bits per heavy atom. The first kappa shape index (κ1) is 17.1. The Morgan fingerprint density at radius 1 is 1.16 bits per heavy atom. The summed E-state index contributed by atoms with van der Waals surface area (Å²) in [4.78, 5) is 20.7.